The van der Waals surface area contributed by atoms with Crippen LogP contribution in [0, 0.1) is 34.0 Å². The molecule has 2 bridgehead atoms. The molecule has 5 nitrogen and oxygen atoms in total. The monoisotopic (exact) mass is 432 g/mol. The van der Waals surface area contributed by atoms with Gasteiger partial charge in [-0.1, -0.05) is 39.3 Å². The van der Waals surface area contributed by atoms with E-state index in [2.05, 4.69) is 13.8 Å². The largest absolute Gasteiger partial charge is 0.511 e. The van der Waals surface area contributed by atoms with E-state index in [0.29, 0.717) is 19.3 Å². The standard InChI is InChI=1S/C26H40O5/c1-14(2)9-10-25-12-18-23(5,6)17(24(7,8)31)13-26(18,22(25)30)21(29)19(20(25)28)16(27)11-15(3)4/h9,15,17-18,22,28,30-31H,10-13H2,1-8H3/t17?,18-,22?,25?,26+/m0/s1. The van der Waals surface area contributed by atoms with E-state index < -0.39 is 33.7 Å². The summed E-state index contributed by atoms with van der Waals surface area (Å²) in [6, 6.07) is 0. The lowest BCUT2D eigenvalue weighted by molar-refractivity contribution is -0.141. The van der Waals surface area contributed by atoms with Crippen molar-refractivity contribution in [1.82, 2.24) is 0 Å². The summed E-state index contributed by atoms with van der Waals surface area (Å²) in [4.78, 5) is 27.2. The third-order valence-corrected chi connectivity index (χ3v) is 8.50. The lowest BCUT2D eigenvalue weighted by Gasteiger charge is -2.44. The fraction of sp³-hybridized carbons (Fsp3) is 0.769. The van der Waals surface area contributed by atoms with Gasteiger partial charge in [0.15, 0.2) is 11.6 Å². The molecule has 1 spiro atoms. The number of ketones is 2. The fourth-order valence-corrected chi connectivity index (χ4v) is 7.13. The topological polar surface area (TPSA) is 94.8 Å². The summed E-state index contributed by atoms with van der Waals surface area (Å²) in [5, 5.41) is 34.1. The van der Waals surface area contributed by atoms with E-state index in [-0.39, 0.29) is 41.3 Å². The van der Waals surface area contributed by atoms with Crippen molar-refractivity contribution in [3.8, 4) is 0 Å². The number of aliphatic hydroxyl groups is 3. The Morgan fingerprint density at radius 3 is 2.29 bits per heavy atom. The number of Topliss-reactive ketones (excluding diaryl/α,β-unsaturated/α-hetero) is 2. The first kappa shape index (κ1) is 24.2. The molecule has 3 N–H and O–H groups in total. The first-order chi connectivity index (χ1) is 14.0. The summed E-state index contributed by atoms with van der Waals surface area (Å²) in [7, 11) is 0. The van der Waals surface area contributed by atoms with Gasteiger partial charge in [-0.2, -0.15) is 0 Å². The molecule has 5 atom stereocenters. The minimum absolute atomic E-state index is 0.0521. The predicted molar refractivity (Wildman–Crippen MR) is 120 cm³/mol. The zero-order chi connectivity index (χ0) is 23.7. The summed E-state index contributed by atoms with van der Waals surface area (Å²) in [5.41, 5.74) is -2.72. The van der Waals surface area contributed by atoms with Crippen LogP contribution in [0.1, 0.15) is 81.1 Å². The van der Waals surface area contributed by atoms with Gasteiger partial charge in [-0.3, -0.25) is 9.59 Å². The number of rotatable bonds is 6. The summed E-state index contributed by atoms with van der Waals surface area (Å²) in [6.07, 6.45) is 2.20. The maximum absolute atomic E-state index is 14.0. The molecule has 0 aromatic rings. The summed E-state index contributed by atoms with van der Waals surface area (Å²) < 4.78 is 0. The Balaban J connectivity index is 2.25. The first-order valence-corrected chi connectivity index (χ1v) is 11.6. The van der Waals surface area contributed by atoms with Gasteiger partial charge in [0.1, 0.15) is 5.76 Å². The maximum atomic E-state index is 14.0. The lowest BCUT2D eigenvalue weighted by Crippen LogP contribution is -2.53. The molecule has 3 unspecified atom stereocenters. The van der Waals surface area contributed by atoms with E-state index in [1.54, 1.807) is 13.8 Å². The second kappa shape index (κ2) is 7.28. The van der Waals surface area contributed by atoms with Crippen molar-refractivity contribution in [2.24, 2.45) is 34.0 Å². The van der Waals surface area contributed by atoms with E-state index in [4.69, 9.17) is 0 Å². The smallest absolute Gasteiger partial charge is 0.178 e. The van der Waals surface area contributed by atoms with Crippen LogP contribution in [0.25, 0.3) is 0 Å². The highest BCUT2D eigenvalue weighted by atomic mass is 16.3. The van der Waals surface area contributed by atoms with Crippen LogP contribution in [0.15, 0.2) is 23.0 Å². The molecule has 2 fully saturated rings. The molecule has 174 valence electrons. The summed E-state index contributed by atoms with van der Waals surface area (Å²) in [6.45, 7) is 15.4. The molecule has 2 saturated carbocycles. The molecule has 0 aromatic heterocycles. The van der Waals surface area contributed by atoms with Crippen LogP contribution in [-0.4, -0.2) is 38.6 Å². The number of allylic oxidation sites excluding steroid dienone is 3. The third kappa shape index (κ3) is 3.26. The highest BCUT2D eigenvalue weighted by Crippen LogP contribution is 2.74. The molecule has 5 heteroatoms. The highest BCUT2D eigenvalue weighted by molar-refractivity contribution is 6.24. The Kier molecular flexibility index (Phi) is 5.68. The van der Waals surface area contributed by atoms with Crippen LogP contribution in [-0.2, 0) is 9.59 Å². The van der Waals surface area contributed by atoms with Crippen LogP contribution in [0.3, 0.4) is 0 Å². The van der Waals surface area contributed by atoms with Gasteiger partial charge in [0.2, 0.25) is 0 Å². The van der Waals surface area contributed by atoms with Crippen molar-refractivity contribution in [2.45, 2.75) is 92.8 Å². The number of hydrogen-bond acceptors (Lipinski definition) is 5. The SMILES string of the molecule is CC(C)=CCC12C[C@H]3C(C)(C)C(C(C)(C)O)C[C@@]3(C(=O)C(C(=O)CC(C)C)=C1O)C2O. The molecule has 31 heavy (non-hydrogen) atoms. The molecular weight excluding hydrogens is 392 g/mol. The highest BCUT2D eigenvalue weighted by Gasteiger charge is 2.77. The second-order valence-corrected chi connectivity index (χ2v) is 12.1. The van der Waals surface area contributed by atoms with Gasteiger partial charge < -0.3 is 15.3 Å². The molecule has 0 saturated heterocycles. The van der Waals surface area contributed by atoms with Gasteiger partial charge in [-0.15, -0.1) is 0 Å². The van der Waals surface area contributed by atoms with E-state index in [1.165, 1.54) is 0 Å². The van der Waals surface area contributed by atoms with Crippen molar-refractivity contribution in [2.75, 3.05) is 0 Å². The minimum Gasteiger partial charge on any atom is -0.511 e. The molecule has 0 heterocycles. The van der Waals surface area contributed by atoms with Gasteiger partial charge in [-0.05, 0) is 70.1 Å². The van der Waals surface area contributed by atoms with Crippen LogP contribution in [0.4, 0.5) is 0 Å². The summed E-state index contributed by atoms with van der Waals surface area (Å²) >= 11 is 0. The van der Waals surface area contributed by atoms with Gasteiger partial charge in [-0.25, -0.2) is 0 Å². The zero-order valence-electron chi connectivity index (χ0n) is 20.4. The molecular formula is C26H40O5. The molecule has 3 rings (SSSR count). The Labute approximate surface area is 186 Å². The number of aliphatic hydroxyl groups excluding tert-OH is 2. The molecule has 0 aromatic carbocycles. The van der Waals surface area contributed by atoms with E-state index in [1.807, 2.05) is 33.8 Å². The fourth-order valence-electron chi connectivity index (χ4n) is 7.13. The molecule has 3 aliphatic rings. The average Bonchev–Trinajstić information content (AvgIpc) is 2.97. The Morgan fingerprint density at radius 2 is 1.81 bits per heavy atom. The Bertz CT molecular complexity index is 852. The van der Waals surface area contributed by atoms with Crippen LogP contribution >= 0.6 is 0 Å². The van der Waals surface area contributed by atoms with Crippen LogP contribution < -0.4 is 0 Å². The van der Waals surface area contributed by atoms with Crippen molar-refractivity contribution < 1.29 is 24.9 Å². The van der Waals surface area contributed by atoms with Gasteiger partial charge >= 0.3 is 0 Å². The van der Waals surface area contributed by atoms with Gasteiger partial charge in [0.05, 0.1) is 28.1 Å². The van der Waals surface area contributed by atoms with Crippen molar-refractivity contribution in [1.29, 1.82) is 0 Å². The molecule has 0 aliphatic heterocycles. The van der Waals surface area contributed by atoms with E-state index in [9.17, 15) is 24.9 Å². The Hall–Kier alpha value is -1.46. The second-order valence-electron chi connectivity index (χ2n) is 12.1. The molecule has 3 aliphatic carbocycles. The van der Waals surface area contributed by atoms with Crippen molar-refractivity contribution in [3.63, 3.8) is 0 Å². The normalized spacial score (nSPS) is 36.7. The number of carbonyl (C=O) groups excluding carboxylic acids is 2. The van der Waals surface area contributed by atoms with Crippen LogP contribution in [0.2, 0.25) is 0 Å². The maximum Gasteiger partial charge on any atom is 0.178 e. The Morgan fingerprint density at radius 1 is 1.23 bits per heavy atom. The van der Waals surface area contributed by atoms with Crippen molar-refractivity contribution >= 4 is 11.6 Å². The number of hydrogen-bond donors (Lipinski definition) is 3. The quantitative estimate of drug-likeness (QED) is 0.424. The van der Waals surface area contributed by atoms with Gasteiger partial charge in [0, 0.05) is 6.42 Å². The van der Waals surface area contributed by atoms with E-state index in [0.717, 1.165) is 5.57 Å². The zero-order valence-corrected chi connectivity index (χ0v) is 20.4. The van der Waals surface area contributed by atoms with E-state index >= 15 is 0 Å². The molecule has 0 radical (unpaired) electrons. The summed E-state index contributed by atoms with van der Waals surface area (Å²) in [5.74, 6) is -1.38. The van der Waals surface area contributed by atoms with Gasteiger partial charge in [0.25, 0.3) is 0 Å². The molecule has 0 amide bonds. The first-order valence-electron chi connectivity index (χ1n) is 11.6. The van der Waals surface area contributed by atoms with Crippen molar-refractivity contribution in [3.05, 3.63) is 23.0 Å². The average molecular weight is 433 g/mol. The minimum atomic E-state index is -1.15. The van der Waals surface area contributed by atoms with Crippen LogP contribution in [0.5, 0.6) is 0 Å². The lowest BCUT2D eigenvalue weighted by atomic mass is 9.61. The predicted octanol–water partition coefficient (Wildman–Crippen LogP) is 4.52. The number of carbonyl (C=O) groups is 2. The number of fused-ring (bicyclic) bond motifs is 1. The third-order valence-electron chi connectivity index (χ3n) is 8.50.